The molecule has 21 heavy (non-hydrogen) atoms. The van der Waals surface area contributed by atoms with Crippen LogP contribution in [0.3, 0.4) is 0 Å². The van der Waals surface area contributed by atoms with Crippen LogP contribution in [0.5, 0.6) is 0 Å². The third-order valence-electron chi connectivity index (χ3n) is 3.52. The van der Waals surface area contributed by atoms with Crippen LogP contribution in [-0.2, 0) is 11.3 Å². The zero-order valence-corrected chi connectivity index (χ0v) is 11.8. The van der Waals surface area contributed by atoms with Gasteiger partial charge < -0.3 is 9.63 Å². The third kappa shape index (κ3) is 3.46. The first-order valence-electron chi connectivity index (χ1n) is 6.97. The van der Waals surface area contributed by atoms with Gasteiger partial charge in [-0.25, -0.2) is 0 Å². The average molecular weight is 287 g/mol. The minimum Gasteiger partial charge on any atom is -0.480 e. The van der Waals surface area contributed by atoms with E-state index in [2.05, 4.69) is 10.1 Å². The standard InChI is InChI=1S/C15H17N3O3/c1-10-2-4-11(5-3-10)15-16-13(21-17-15)8-18(9-14(19)20)12-6-7-12/h2-5,12H,6-9H2,1H3,(H,19,20). The van der Waals surface area contributed by atoms with Gasteiger partial charge >= 0.3 is 5.97 Å². The predicted molar refractivity (Wildman–Crippen MR) is 75.5 cm³/mol. The molecule has 1 saturated carbocycles. The molecule has 1 aromatic carbocycles. The zero-order chi connectivity index (χ0) is 14.8. The van der Waals surface area contributed by atoms with E-state index in [1.165, 1.54) is 5.56 Å². The number of aryl methyl sites for hydroxylation is 1. The molecule has 6 heteroatoms. The number of hydrogen-bond acceptors (Lipinski definition) is 5. The molecule has 0 saturated heterocycles. The van der Waals surface area contributed by atoms with Crippen molar-refractivity contribution in [2.75, 3.05) is 6.54 Å². The van der Waals surface area contributed by atoms with Gasteiger partial charge in [0.05, 0.1) is 13.1 Å². The Balaban J connectivity index is 1.72. The Labute approximate surface area is 122 Å². The van der Waals surface area contributed by atoms with Crippen molar-refractivity contribution in [2.45, 2.75) is 32.4 Å². The second kappa shape index (κ2) is 5.65. The first-order valence-corrected chi connectivity index (χ1v) is 6.97. The smallest absolute Gasteiger partial charge is 0.317 e. The molecule has 1 aliphatic rings. The summed E-state index contributed by atoms with van der Waals surface area (Å²) >= 11 is 0. The van der Waals surface area contributed by atoms with E-state index < -0.39 is 5.97 Å². The molecule has 0 unspecified atom stereocenters. The van der Waals surface area contributed by atoms with Gasteiger partial charge in [0.15, 0.2) is 0 Å². The summed E-state index contributed by atoms with van der Waals surface area (Å²) in [4.78, 5) is 17.1. The van der Waals surface area contributed by atoms with E-state index >= 15 is 0 Å². The van der Waals surface area contributed by atoms with E-state index in [1.54, 1.807) is 0 Å². The molecule has 0 amide bonds. The lowest BCUT2D eigenvalue weighted by Crippen LogP contribution is -2.31. The summed E-state index contributed by atoms with van der Waals surface area (Å²) in [5, 5.41) is 12.9. The molecule has 1 aromatic heterocycles. The van der Waals surface area contributed by atoms with Gasteiger partial charge in [0.1, 0.15) is 0 Å². The van der Waals surface area contributed by atoms with Crippen LogP contribution in [0.15, 0.2) is 28.8 Å². The molecule has 1 aliphatic carbocycles. The van der Waals surface area contributed by atoms with Crippen LogP contribution >= 0.6 is 0 Å². The molecule has 2 aromatic rings. The highest BCUT2D eigenvalue weighted by Crippen LogP contribution is 2.28. The molecule has 6 nitrogen and oxygen atoms in total. The number of benzene rings is 1. The number of aliphatic carboxylic acids is 1. The second-order valence-corrected chi connectivity index (χ2v) is 5.41. The van der Waals surface area contributed by atoms with E-state index in [0.29, 0.717) is 24.3 Å². The molecule has 1 fully saturated rings. The lowest BCUT2D eigenvalue weighted by atomic mass is 10.1. The summed E-state index contributed by atoms with van der Waals surface area (Å²) in [5.41, 5.74) is 2.07. The van der Waals surface area contributed by atoms with Gasteiger partial charge in [-0.3, -0.25) is 9.69 Å². The molecule has 1 heterocycles. The van der Waals surface area contributed by atoms with E-state index in [4.69, 9.17) is 9.63 Å². The van der Waals surface area contributed by atoms with Crippen LogP contribution in [0.25, 0.3) is 11.4 Å². The summed E-state index contributed by atoms with van der Waals surface area (Å²) in [6.07, 6.45) is 2.07. The van der Waals surface area contributed by atoms with Crippen molar-refractivity contribution in [1.82, 2.24) is 15.0 Å². The number of hydrogen-bond donors (Lipinski definition) is 1. The SMILES string of the molecule is Cc1ccc(-c2noc(CN(CC(=O)O)C3CC3)n2)cc1. The first-order chi connectivity index (χ1) is 10.1. The topological polar surface area (TPSA) is 79.5 Å². The fraction of sp³-hybridized carbons (Fsp3) is 0.400. The number of aromatic nitrogens is 2. The van der Waals surface area contributed by atoms with Gasteiger partial charge in [-0.15, -0.1) is 0 Å². The molecular formula is C15H17N3O3. The highest BCUT2D eigenvalue weighted by Gasteiger charge is 2.31. The van der Waals surface area contributed by atoms with Gasteiger partial charge in [-0.1, -0.05) is 35.0 Å². The van der Waals surface area contributed by atoms with Crippen molar-refractivity contribution in [2.24, 2.45) is 0 Å². The summed E-state index contributed by atoms with van der Waals surface area (Å²) in [7, 11) is 0. The quantitative estimate of drug-likeness (QED) is 0.876. The maximum atomic E-state index is 10.9. The molecule has 0 radical (unpaired) electrons. The van der Waals surface area contributed by atoms with Crippen LogP contribution in [0.4, 0.5) is 0 Å². The van der Waals surface area contributed by atoms with Gasteiger partial charge in [-0.05, 0) is 19.8 Å². The van der Waals surface area contributed by atoms with Gasteiger partial charge in [0.2, 0.25) is 11.7 Å². The van der Waals surface area contributed by atoms with Crippen LogP contribution in [-0.4, -0.2) is 38.7 Å². The van der Waals surface area contributed by atoms with Crippen molar-refractivity contribution in [3.63, 3.8) is 0 Å². The van der Waals surface area contributed by atoms with Crippen molar-refractivity contribution < 1.29 is 14.4 Å². The fourth-order valence-corrected chi connectivity index (χ4v) is 2.24. The monoisotopic (exact) mass is 287 g/mol. The fourth-order valence-electron chi connectivity index (χ4n) is 2.24. The highest BCUT2D eigenvalue weighted by molar-refractivity contribution is 5.69. The van der Waals surface area contributed by atoms with Crippen molar-refractivity contribution >= 4 is 5.97 Å². The van der Waals surface area contributed by atoms with Crippen molar-refractivity contribution in [3.8, 4) is 11.4 Å². The summed E-state index contributed by atoms with van der Waals surface area (Å²) < 4.78 is 5.24. The Morgan fingerprint density at radius 2 is 2.10 bits per heavy atom. The molecule has 0 bridgehead atoms. The molecular weight excluding hydrogens is 270 g/mol. The summed E-state index contributed by atoms with van der Waals surface area (Å²) in [6.45, 7) is 2.41. The van der Waals surface area contributed by atoms with Gasteiger partial charge in [-0.2, -0.15) is 4.98 Å². The van der Waals surface area contributed by atoms with E-state index in [1.807, 2.05) is 36.1 Å². The molecule has 0 aliphatic heterocycles. The Hall–Kier alpha value is -2.21. The number of nitrogens with zero attached hydrogens (tertiary/aromatic N) is 3. The van der Waals surface area contributed by atoms with Crippen LogP contribution < -0.4 is 0 Å². The molecule has 0 atom stereocenters. The molecule has 110 valence electrons. The van der Waals surface area contributed by atoms with E-state index in [0.717, 1.165) is 18.4 Å². The Kier molecular flexibility index (Phi) is 3.70. The van der Waals surface area contributed by atoms with Crippen LogP contribution in [0.2, 0.25) is 0 Å². The minimum atomic E-state index is -0.833. The lowest BCUT2D eigenvalue weighted by molar-refractivity contribution is -0.138. The predicted octanol–water partition coefficient (Wildman–Crippen LogP) is 2.09. The van der Waals surface area contributed by atoms with Crippen LogP contribution in [0, 0.1) is 6.92 Å². The average Bonchev–Trinajstić information content (AvgIpc) is 3.19. The van der Waals surface area contributed by atoms with Crippen molar-refractivity contribution in [1.29, 1.82) is 0 Å². The van der Waals surface area contributed by atoms with Gasteiger partial charge in [0.25, 0.3) is 0 Å². The number of carboxylic acids is 1. The highest BCUT2D eigenvalue weighted by atomic mass is 16.5. The van der Waals surface area contributed by atoms with E-state index in [-0.39, 0.29) is 6.54 Å². The summed E-state index contributed by atoms with van der Waals surface area (Å²) in [6, 6.07) is 8.20. The third-order valence-corrected chi connectivity index (χ3v) is 3.52. The maximum absolute atomic E-state index is 10.9. The Bertz CT molecular complexity index is 632. The maximum Gasteiger partial charge on any atom is 0.317 e. The number of carbonyl (C=O) groups is 1. The van der Waals surface area contributed by atoms with Crippen LogP contribution in [0.1, 0.15) is 24.3 Å². The van der Waals surface area contributed by atoms with Gasteiger partial charge in [0, 0.05) is 11.6 Å². The molecule has 1 N–H and O–H groups in total. The second-order valence-electron chi connectivity index (χ2n) is 5.41. The Morgan fingerprint density at radius 3 is 2.71 bits per heavy atom. The lowest BCUT2D eigenvalue weighted by Gasteiger charge is -2.16. The van der Waals surface area contributed by atoms with Crippen molar-refractivity contribution in [3.05, 3.63) is 35.7 Å². The molecule has 3 rings (SSSR count). The summed E-state index contributed by atoms with van der Waals surface area (Å²) in [5.74, 6) is 0.162. The minimum absolute atomic E-state index is 0.00686. The first kappa shape index (κ1) is 13.8. The zero-order valence-electron chi connectivity index (χ0n) is 11.8. The largest absolute Gasteiger partial charge is 0.480 e. The molecule has 0 spiro atoms. The normalized spacial score (nSPS) is 14.6. The Morgan fingerprint density at radius 1 is 1.38 bits per heavy atom. The number of carboxylic acid groups (broad SMARTS) is 1. The number of rotatable bonds is 6. The van der Waals surface area contributed by atoms with E-state index in [9.17, 15) is 4.79 Å².